The van der Waals surface area contributed by atoms with Crippen LogP contribution in [0, 0.1) is 11.8 Å². The summed E-state index contributed by atoms with van der Waals surface area (Å²) in [5.41, 5.74) is 0. The number of carbonyl (C=O) groups is 1. The van der Waals surface area contributed by atoms with Crippen LogP contribution in [0.25, 0.3) is 0 Å². The molecule has 0 aromatic carbocycles. The van der Waals surface area contributed by atoms with Crippen molar-refractivity contribution in [1.29, 1.82) is 0 Å². The Balaban J connectivity index is 1.80. The average Bonchev–Trinajstić information content (AvgIpc) is 3.07. The molecule has 2 aliphatic rings. The van der Waals surface area contributed by atoms with Crippen molar-refractivity contribution in [3.8, 4) is 0 Å². The summed E-state index contributed by atoms with van der Waals surface area (Å²) >= 11 is 0. The number of sulfonamides is 1. The lowest BCUT2D eigenvalue weighted by molar-refractivity contribution is -0.137. The lowest BCUT2D eigenvalue weighted by Crippen LogP contribution is -2.39. The molecule has 0 radical (unpaired) electrons. The molecule has 0 saturated heterocycles. The average molecular weight is 261 g/mol. The van der Waals surface area contributed by atoms with Gasteiger partial charge in [0.05, 0.1) is 5.75 Å². The summed E-state index contributed by atoms with van der Waals surface area (Å²) in [6.45, 7) is 0. The molecular weight excluding hydrogens is 242 g/mol. The molecule has 0 spiro atoms. The molecule has 2 fully saturated rings. The van der Waals surface area contributed by atoms with Gasteiger partial charge in [0.2, 0.25) is 10.0 Å². The normalized spacial score (nSPS) is 20.8. The maximum absolute atomic E-state index is 11.8. The number of hydrogen-bond donors (Lipinski definition) is 2. The molecule has 2 N–H and O–H groups in total. The molecule has 0 amide bonds. The summed E-state index contributed by atoms with van der Waals surface area (Å²) in [6.07, 6.45) is 4.60. The number of carboxylic acids is 1. The summed E-state index contributed by atoms with van der Waals surface area (Å²) in [5.74, 6) is 0.0320. The molecular formula is C11H19NO4S. The number of hydrogen-bond acceptors (Lipinski definition) is 3. The zero-order valence-corrected chi connectivity index (χ0v) is 10.6. The summed E-state index contributed by atoms with van der Waals surface area (Å²) < 4.78 is 26.3. The van der Waals surface area contributed by atoms with Crippen LogP contribution in [0.2, 0.25) is 0 Å². The van der Waals surface area contributed by atoms with Gasteiger partial charge in [-0.15, -0.1) is 0 Å². The van der Waals surface area contributed by atoms with E-state index in [0.29, 0.717) is 11.8 Å². The van der Waals surface area contributed by atoms with Crippen LogP contribution in [0.4, 0.5) is 0 Å². The highest BCUT2D eigenvalue weighted by Gasteiger charge is 2.43. The fraction of sp³-hybridized carbons (Fsp3) is 0.909. The van der Waals surface area contributed by atoms with Gasteiger partial charge in [-0.25, -0.2) is 13.1 Å². The Labute approximate surface area is 102 Å². The first-order valence-corrected chi connectivity index (χ1v) is 7.85. The number of aliphatic carboxylic acids is 1. The van der Waals surface area contributed by atoms with E-state index in [2.05, 4.69) is 4.72 Å². The zero-order valence-electron chi connectivity index (χ0n) is 9.76. The van der Waals surface area contributed by atoms with E-state index < -0.39 is 16.0 Å². The van der Waals surface area contributed by atoms with Crippen LogP contribution in [0.15, 0.2) is 0 Å². The van der Waals surface area contributed by atoms with Crippen molar-refractivity contribution >= 4 is 16.0 Å². The topological polar surface area (TPSA) is 83.5 Å². The second-order valence-electron chi connectivity index (χ2n) is 5.13. The van der Waals surface area contributed by atoms with Crippen molar-refractivity contribution in [2.24, 2.45) is 11.8 Å². The fourth-order valence-electron chi connectivity index (χ4n) is 2.17. The van der Waals surface area contributed by atoms with Crippen molar-refractivity contribution < 1.29 is 18.3 Å². The highest BCUT2D eigenvalue weighted by molar-refractivity contribution is 7.89. The molecule has 0 atom stereocenters. The smallest absolute Gasteiger partial charge is 0.303 e. The third-order valence-corrected chi connectivity index (χ3v) is 4.84. The van der Waals surface area contributed by atoms with E-state index in [-0.39, 0.29) is 24.6 Å². The first-order valence-electron chi connectivity index (χ1n) is 6.20. The summed E-state index contributed by atoms with van der Waals surface area (Å²) in [4.78, 5) is 10.3. The Morgan fingerprint density at radius 2 is 1.76 bits per heavy atom. The van der Waals surface area contributed by atoms with Crippen molar-refractivity contribution in [2.75, 3.05) is 5.75 Å². The van der Waals surface area contributed by atoms with Crippen molar-refractivity contribution in [1.82, 2.24) is 4.72 Å². The second-order valence-corrected chi connectivity index (χ2v) is 7.01. The predicted molar refractivity (Wildman–Crippen MR) is 63.0 cm³/mol. The van der Waals surface area contributed by atoms with Gasteiger partial charge in [0.25, 0.3) is 0 Å². The molecule has 2 rings (SSSR count). The Kier molecular flexibility index (Phi) is 3.73. The van der Waals surface area contributed by atoms with Crippen LogP contribution >= 0.6 is 0 Å². The molecule has 0 heterocycles. The minimum Gasteiger partial charge on any atom is -0.481 e. The molecule has 17 heavy (non-hydrogen) atoms. The Bertz CT molecular complexity index is 372. The van der Waals surface area contributed by atoms with Crippen LogP contribution in [0.5, 0.6) is 0 Å². The molecule has 0 bridgehead atoms. The minimum atomic E-state index is -3.30. The highest BCUT2D eigenvalue weighted by atomic mass is 32.2. The van der Waals surface area contributed by atoms with Crippen LogP contribution in [-0.2, 0) is 14.8 Å². The van der Waals surface area contributed by atoms with Gasteiger partial charge in [-0.1, -0.05) is 0 Å². The van der Waals surface area contributed by atoms with Gasteiger partial charge in [-0.05, 0) is 43.9 Å². The second kappa shape index (κ2) is 4.94. The molecule has 2 aliphatic carbocycles. The van der Waals surface area contributed by atoms with Gasteiger partial charge in [-0.2, -0.15) is 0 Å². The van der Waals surface area contributed by atoms with Crippen LogP contribution in [0.3, 0.4) is 0 Å². The van der Waals surface area contributed by atoms with Gasteiger partial charge in [0.1, 0.15) is 0 Å². The van der Waals surface area contributed by atoms with E-state index in [9.17, 15) is 13.2 Å². The first-order chi connectivity index (χ1) is 7.98. The monoisotopic (exact) mass is 261 g/mol. The van der Waals surface area contributed by atoms with Crippen molar-refractivity contribution in [3.63, 3.8) is 0 Å². The van der Waals surface area contributed by atoms with E-state index in [4.69, 9.17) is 5.11 Å². The molecule has 2 saturated carbocycles. The standard InChI is InChI=1S/C11H19NO4S/c13-10(14)2-1-7-17(15,16)12-11(8-3-4-8)9-5-6-9/h8-9,11-12H,1-7H2,(H,13,14). The molecule has 0 aliphatic heterocycles. The van der Waals surface area contributed by atoms with Gasteiger partial charge >= 0.3 is 5.97 Å². The van der Waals surface area contributed by atoms with Crippen LogP contribution in [0.1, 0.15) is 38.5 Å². The van der Waals surface area contributed by atoms with Gasteiger partial charge in [0, 0.05) is 12.5 Å². The summed E-state index contributed by atoms with van der Waals surface area (Å²) in [7, 11) is -3.30. The molecule has 0 aromatic heterocycles. The van der Waals surface area contributed by atoms with E-state index in [1.165, 1.54) is 0 Å². The van der Waals surface area contributed by atoms with E-state index in [1.807, 2.05) is 0 Å². The summed E-state index contributed by atoms with van der Waals surface area (Å²) in [5, 5.41) is 8.47. The predicted octanol–water partition coefficient (Wildman–Crippen LogP) is 0.959. The fourth-order valence-corrected chi connectivity index (χ4v) is 3.61. The number of carboxylic acid groups (broad SMARTS) is 1. The Hall–Kier alpha value is -0.620. The Morgan fingerprint density at radius 3 is 2.18 bits per heavy atom. The maximum Gasteiger partial charge on any atom is 0.303 e. The van der Waals surface area contributed by atoms with Crippen LogP contribution < -0.4 is 4.72 Å². The minimum absolute atomic E-state index is 0.0742. The number of nitrogens with one attached hydrogen (secondary N) is 1. The molecule has 98 valence electrons. The van der Waals surface area contributed by atoms with Crippen molar-refractivity contribution in [2.45, 2.75) is 44.6 Å². The largest absolute Gasteiger partial charge is 0.481 e. The molecule has 6 heteroatoms. The molecule has 5 nitrogen and oxygen atoms in total. The summed E-state index contributed by atoms with van der Waals surface area (Å²) in [6, 6.07) is 0.116. The van der Waals surface area contributed by atoms with E-state index in [1.54, 1.807) is 0 Å². The third-order valence-electron chi connectivity index (χ3n) is 3.38. The lowest BCUT2D eigenvalue weighted by Gasteiger charge is -2.17. The van der Waals surface area contributed by atoms with Crippen LogP contribution in [-0.4, -0.2) is 31.3 Å². The number of rotatable bonds is 8. The highest BCUT2D eigenvalue weighted by Crippen LogP contribution is 2.44. The maximum atomic E-state index is 11.8. The van der Waals surface area contributed by atoms with Gasteiger partial charge < -0.3 is 5.11 Å². The molecule has 0 aromatic rings. The van der Waals surface area contributed by atoms with Gasteiger partial charge in [-0.3, -0.25) is 4.79 Å². The van der Waals surface area contributed by atoms with E-state index in [0.717, 1.165) is 25.7 Å². The molecule has 0 unspecified atom stereocenters. The van der Waals surface area contributed by atoms with E-state index >= 15 is 0 Å². The first kappa shape index (κ1) is 12.8. The SMILES string of the molecule is O=C(O)CCCS(=O)(=O)NC(C1CC1)C1CC1. The quantitative estimate of drug-likeness (QED) is 0.681. The third kappa shape index (κ3) is 4.27. The lowest BCUT2D eigenvalue weighted by atomic mass is 10.1. The Morgan fingerprint density at radius 1 is 1.24 bits per heavy atom. The zero-order chi connectivity index (χ0) is 12.5. The van der Waals surface area contributed by atoms with Gasteiger partial charge in [0.15, 0.2) is 0 Å². The van der Waals surface area contributed by atoms with Crippen molar-refractivity contribution in [3.05, 3.63) is 0 Å².